The molecule has 0 amide bonds. The minimum Gasteiger partial charge on any atom is -0.454 e. The third-order valence-electron chi connectivity index (χ3n) is 6.17. The van der Waals surface area contributed by atoms with Gasteiger partial charge in [-0.3, -0.25) is 5.41 Å². The Bertz CT molecular complexity index is 1300. The summed E-state index contributed by atoms with van der Waals surface area (Å²) in [5, 5.41) is 28.0. The van der Waals surface area contributed by atoms with Gasteiger partial charge in [-0.05, 0) is 42.7 Å². The molecular formula is C24H24ClF3N8O2. The van der Waals surface area contributed by atoms with Gasteiger partial charge in [0, 0.05) is 29.4 Å². The van der Waals surface area contributed by atoms with Crippen LogP contribution < -0.4 is 20.7 Å². The molecule has 1 saturated carbocycles. The third kappa shape index (κ3) is 6.00. The third-order valence-corrected chi connectivity index (χ3v) is 6.42. The lowest BCUT2D eigenvalue weighted by Gasteiger charge is -2.23. The van der Waals surface area contributed by atoms with Crippen LogP contribution in [0.1, 0.15) is 30.2 Å². The van der Waals surface area contributed by atoms with Crippen molar-refractivity contribution in [3.63, 3.8) is 0 Å². The summed E-state index contributed by atoms with van der Waals surface area (Å²) in [6, 6.07) is 13.4. The summed E-state index contributed by atoms with van der Waals surface area (Å²) >= 11 is 6.00. The highest BCUT2D eigenvalue weighted by atomic mass is 35.5. The van der Waals surface area contributed by atoms with E-state index in [0.29, 0.717) is 29.4 Å². The summed E-state index contributed by atoms with van der Waals surface area (Å²) in [5.74, 6) is 0.174. The van der Waals surface area contributed by atoms with E-state index in [1.807, 2.05) is 12.1 Å². The molecule has 1 aliphatic carbocycles. The number of nitrogens with one attached hydrogen (secondary N) is 4. The van der Waals surface area contributed by atoms with Crippen molar-refractivity contribution in [3.8, 4) is 6.01 Å². The van der Waals surface area contributed by atoms with E-state index in [1.54, 1.807) is 36.4 Å². The average molecular weight is 549 g/mol. The Hall–Kier alpha value is -3.84. The van der Waals surface area contributed by atoms with Gasteiger partial charge in [0.05, 0.1) is 5.54 Å². The minimum absolute atomic E-state index is 0.0228. The lowest BCUT2D eigenvalue weighted by molar-refractivity contribution is -0.154. The van der Waals surface area contributed by atoms with Gasteiger partial charge in [-0.25, -0.2) is 0 Å². The normalized spacial score (nSPS) is 17.1. The van der Waals surface area contributed by atoms with Crippen LogP contribution in [0.3, 0.4) is 0 Å². The van der Waals surface area contributed by atoms with Gasteiger partial charge in [0.15, 0.2) is 18.8 Å². The van der Waals surface area contributed by atoms with E-state index >= 15 is 0 Å². The van der Waals surface area contributed by atoms with E-state index in [2.05, 4.69) is 30.9 Å². The van der Waals surface area contributed by atoms with Crippen molar-refractivity contribution in [2.24, 2.45) is 0 Å². The van der Waals surface area contributed by atoms with Gasteiger partial charge in [-0.15, -0.1) is 0 Å². The zero-order valence-electron chi connectivity index (χ0n) is 19.9. The van der Waals surface area contributed by atoms with Crippen LogP contribution in [0.25, 0.3) is 0 Å². The second kappa shape index (κ2) is 10.1. The van der Waals surface area contributed by atoms with Crippen LogP contribution in [0, 0.1) is 5.41 Å². The van der Waals surface area contributed by atoms with Gasteiger partial charge in [0.2, 0.25) is 11.9 Å². The van der Waals surface area contributed by atoms with Crippen LogP contribution >= 0.6 is 11.6 Å². The van der Waals surface area contributed by atoms with Crippen molar-refractivity contribution in [2.45, 2.75) is 30.8 Å². The molecule has 1 aliphatic heterocycles. The summed E-state index contributed by atoms with van der Waals surface area (Å²) in [7, 11) is 0. The predicted octanol–water partition coefficient (Wildman–Crippen LogP) is 4.14. The zero-order chi connectivity index (χ0) is 26.9. The van der Waals surface area contributed by atoms with E-state index in [0.717, 1.165) is 18.4 Å². The molecule has 0 spiro atoms. The maximum absolute atomic E-state index is 12.8. The maximum Gasteiger partial charge on any atom is 0.422 e. The summed E-state index contributed by atoms with van der Waals surface area (Å²) in [4.78, 5) is 13.9. The van der Waals surface area contributed by atoms with Crippen LogP contribution in [0.5, 0.6) is 6.01 Å². The van der Waals surface area contributed by atoms with Crippen LogP contribution in [0.15, 0.2) is 48.5 Å². The first-order valence-corrected chi connectivity index (χ1v) is 12.1. The number of ether oxygens (including phenoxy) is 1. The Labute approximate surface area is 220 Å². The number of aliphatic hydroxyl groups is 1. The number of aliphatic hydroxyl groups excluding tert-OH is 1. The van der Waals surface area contributed by atoms with Gasteiger partial charge < -0.3 is 30.7 Å². The standard InChI is InChI=1S/C24H24ClF3N8O2/c25-16-5-3-15(4-6-16)23(9-10-23)35-21-32-20(33-22(34-21)38-13-24(26,27)28)31-17-7-1-14(2-8-17)18(37)36-12-11-30-19(36)29/h1-8,18,37H,9-13H2,(H2,29,30)(H2,31,32,33,34,35). The first-order valence-electron chi connectivity index (χ1n) is 11.7. The molecule has 2 aromatic carbocycles. The van der Waals surface area contributed by atoms with Crippen molar-refractivity contribution in [2.75, 3.05) is 30.3 Å². The smallest absolute Gasteiger partial charge is 0.422 e. The Kier molecular flexibility index (Phi) is 6.88. The quantitative estimate of drug-likeness (QED) is 0.268. The van der Waals surface area contributed by atoms with E-state index in [1.165, 1.54) is 4.90 Å². The van der Waals surface area contributed by atoms with E-state index in [-0.39, 0.29) is 17.9 Å². The fourth-order valence-electron chi connectivity index (χ4n) is 4.07. The second-order valence-corrected chi connectivity index (χ2v) is 9.41. The molecule has 200 valence electrons. The van der Waals surface area contributed by atoms with Gasteiger partial charge in [0.1, 0.15) is 0 Å². The molecule has 5 N–H and O–H groups in total. The Morgan fingerprint density at radius 2 is 1.76 bits per heavy atom. The predicted molar refractivity (Wildman–Crippen MR) is 134 cm³/mol. The number of rotatable bonds is 9. The maximum atomic E-state index is 12.8. The molecule has 2 heterocycles. The fraction of sp³-hybridized carbons (Fsp3) is 0.333. The number of guanidine groups is 1. The fourth-order valence-corrected chi connectivity index (χ4v) is 4.20. The lowest BCUT2D eigenvalue weighted by atomic mass is 10.1. The van der Waals surface area contributed by atoms with Gasteiger partial charge in [-0.1, -0.05) is 35.9 Å². The van der Waals surface area contributed by atoms with E-state index in [9.17, 15) is 18.3 Å². The first-order chi connectivity index (χ1) is 18.1. The molecule has 10 nitrogen and oxygen atoms in total. The largest absolute Gasteiger partial charge is 0.454 e. The summed E-state index contributed by atoms with van der Waals surface area (Å²) in [6.07, 6.45) is -4.01. The van der Waals surface area contributed by atoms with Gasteiger partial charge in [-0.2, -0.15) is 28.1 Å². The molecule has 1 atom stereocenters. The number of hydrogen-bond donors (Lipinski definition) is 5. The molecule has 1 unspecified atom stereocenters. The summed E-state index contributed by atoms with van der Waals surface area (Å²) in [5.41, 5.74) is 1.56. The lowest BCUT2D eigenvalue weighted by Crippen LogP contribution is -2.32. The molecule has 1 saturated heterocycles. The molecule has 3 aromatic rings. The summed E-state index contributed by atoms with van der Waals surface area (Å²) < 4.78 is 43.2. The number of alkyl halides is 3. The van der Waals surface area contributed by atoms with Crippen molar-refractivity contribution in [3.05, 3.63) is 64.7 Å². The van der Waals surface area contributed by atoms with Crippen molar-refractivity contribution in [1.82, 2.24) is 25.2 Å². The second-order valence-electron chi connectivity index (χ2n) is 8.97. The average Bonchev–Trinajstić information content (AvgIpc) is 3.53. The van der Waals surface area contributed by atoms with Crippen LogP contribution in [0.4, 0.5) is 30.8 Å². The van der Waals surface area contributed by atoms with Crippen LogP contribution in [0.2, 0.25) is 5.02 Å². The van der Waals surface area contributed by atoms with Gasteiger partial charge >= 0.3 is 12.2 Å². The Morgan fingerprint density at radius 1 is 1.08 bits per heavy atom. The van der Waals surface area contributed by atoms with Gasteiger partial charge in [0.25, 0.3) is 0 Å². The zero-order valence-corrected chi connectivity index (χ0v) is 20.6. The Morgan fingerprint density at radius 3 is 2.37 bits per heavy atom. The summed E-state index contributed by atoms with van der Waals surface area (Å²) in [6.45, 7) is -0.479. The van der Waals surface area contributed by atoms with Crippen molar-refractivity contribution >= 4 is 35.1 Å². The molecular weight excluding hydrogens is 525 g/mol. The molecule has 2 fully saturated rings. The molecule has 1 aromatic heterocycles. The molecule has 2 aliphatic rings. The SMILES string of the molecule is N=C1NCCN1C(O)c1ccc(Nc2nc(NC3(c4ccc(Cl)cc4)CC3)nc(OCC(F)(F)F)n2)cc1. The molecule has 5 rings (SSSR count). The number of nitrogens with zero attached hydrogens (tertiary/aromatic N) is 4. The highest BCUT2D eigenvalue weighted by Crippen LogP contribution is 2.48. The van der Waals surface area contributed by atoms with E-state index in [4.69, 9.17) is 21.7 Å². The van der Waals surface area contributed by atoms with Crippen LogP contribution in [-0.4, -0.2) is 56.8 Å². The monoisotopic (exact) mass is 548 g/mol. The number of anilines is 3. The number of benzene rings is 2. The Balaban J connectivity index is 1.36. The number of aromatic nitrogens is 3. The molecule has 0 radical (unpaired) electrons. The van der Waals surface area contributed by atoms with Crippen molar-refractivity contribution < 1.29 is 23.0 Å². The first kappa shape index (κ1) is 25.8. The van der Waals surface area contributed by atoms with E-state index < -0.39 is 30.6 Å². The molecule has 0 bridgehead atoms. The minimum atomic E-state index is -4.56. The van der Waals surface area contributed by atoms with Crippen molar-refractivity contribution in [1.29, 1.82) is 5.41 Å². The highest BCUT2D eigenvalue weighted by Gasteiger charge is 2.45. The van der Waals surface area contributed by atoms with Crippen LogP contribution in [-0.2, 0) is 5.54 Å². The number of halogens is 4. The highest BCUT2D eigenvalue weighted by molar-refractivity contribution is 6.30. The molecule has 14 heteroatoms. The molecule has 38 heavy (non-hydrogen) atoms. The number of hydrogen-bond acceptors (Lipinski definition) is 8. The topological polar surface area (TPSA) is 131 Å².